The number of rotatable bonds is 6. The van der Waals surface area contributed by atoms with Crippen LogP contribution in [0.5, 0.6) is 5.75 Å². The Morgan fingerprint density at radius 2 is 1.77 bits per heavy atom. The standard InChI is InChI=1S/C20H32N4O2/c1-3-22-10-8-17(9-11-22)21-20(25)16-23-12-14-24(15-13-23)18-6-4-5-7-19(18)26-2/h4-7,17H,3,8-16H2,1-2H3,(H,21,25). The summed E-state index contributed by atoms with van der Waals surface area (Å²) < 4.78 is 5.47. The van der Waals surface area contributed by atoms with Crippen molar-refractivity contribution < 1.29 is 9.53 Å². The van der Waals surface area contributed by atoms with Gasteiger partial charge in [0, 0.05) is 45.3 Å². The molecule has 3 rings (SSSR count). The molecule has 0 radical (unpaired) electrons. The molecule has 2 heterocycles. The van der Waals surface area contributed by atoms with Crippen molar-refractivity contribution in [3.63, 3.8) is 0 Å². The highest BCUT2D eigenvalue weighted by molar-refractivity contribution is 5.78. The van der Waals surface area contributed by atoms with Crippen LogP contribution in [0.4, 0.5) is 5.69 Å². The monoisotopic (exact) mass is 360 g/mol. The maximum atomic E-state index is 12.4. The molecule has 0 bridgehead atoms. The number of nitrogens with zero attached hydrogens (tertiary/aromatic N) is 3. The van der Waals surface area contributed by atoms with Crippen molar-refractivity contribution in [2.24, 2.45) is 0 Å². The number of ether oxygens (including phenoxy) is 1. The molecule has 0 aromatic heterocycles. The fourth-order valence-corrected chi connectivity index (χ4v) is 3.91. The van der Waals surface area contributed by atoms with Gasteiger partial charge >= 0.3 is 0 Å². The van der Waals surface area contributed by atoms with Crippen molar-refractivity contribution in [1.82, 2.24) is 15.1 Å². The van der Waals surface area contributed by atoms with Crippen LogP contribution in [0.25, 0.3) is 0 Å². The van der Waals surface area contributed by atoms with Gasteiger partial charge in [-0.2, -0.15) is 0 Å². The third-order valence-corrected chi connectivity index (χ3v) is 5.57. The van der Waals surface area contributed by atoms with Crippen LogP contribution in [0, 0.1) is 0 Å². The van der Waals surface area contributed by atoms with Gasteiger partial charge in [0.2, 0.25) is 5.91 Å². The van der Waals surface area contributed by atoms with Crippen molar-refractivity contribution in [3.05, 3.63) is 24.3 Å². The van der Waals surface area contributed by atoms with Gasteiger partial charge in [0.05, 0.1) is 19.3 Å². The van der Waals surface area contributed by atoms with Gasteiger partial charge < -0.3 is 19.9 Å². The van der Waals surface area contributed by atoms with E-state index in [9.17, 15) is 4.79 Å². The molecule has 0 atom stereocenters. The molecule has 144 valence electrons. The molecule has 1 N–H and O–H groups in total. The third kappa shape index (κ3) is 4.89. The van der Waals surface area contributed by atoms with Gasteiger partial charge in [-0.1, -0.05) is 19.1 Å². The van der Waals surface area contributed by atoms with Gasteiger partial charge in [-0.25, -0.2) is 0 Å². The first-order valence-corrected chi connectivity index (χ1v) is 9.81. The average Bonchev–Trinajstić information content (AvgIpc) is 2.69. The van der Waals surface area contributed by atoms with Crippen LogP contribution in [0.2, 0.25) is 0 Å². The summed E-state index contributed by atoms with van der Waals surface area (Å²) in [4.78, 5) is 19.4. The van der Waals surface area contributed by atoms with Crippen molar-refractivity contribution in [2.45, 2.75) is 25.8 Å². The Morgan fingerprint density at radius 1 is 1.08 bits per heavy atom. The molecule has 0 saturated carbocycles. The van der Waals surface area contributed by atoms with E-state index in [2.05, 4.69) is 33.0 Å². The van der Waals surface area contributed by atoms with E-state index in [4.69, 9.17) is 4.74 Å². The van der Waals surface area contributed by atoms with Crippen molar-refractivity contribution in [1.29, 1.82) is 0 Å². The molecule has 26 heavy (non-hydrogen) atoms. The Labute approximate surface area is 157 Å². The molecule has 2 aliphatic heterocycles. The maximum Gasteiger partial charge on any atom is 0.234 e. The lowest BCUT2D eigenvalue weighted by atomic mass is 10.1. The highest BCUT2D eigenvalue weighted by Crippen LogP contribution is 2.28. The molecular weight excluding hydrogens is 328 g/mol. The minimum Gasteiger partial charge on any atom is -0.495 e. The van der Waals surface area contributed by atoms with E-state index in [0.29, 0.717) is 12.6 Å². The Balaban J connectivity index is 1.42. The number of anilines is 1. The quantitative estimate of drug-likeness (QED) is 0.831. The van der Waals surface area contributed by atoms with Gasteiger partial charge in [-0.05, 0) is 31.5 Å². The van der Waals surface area contributed by atoms with Crippen LogP contribution in [-0.2, 0) is 4.79 Å². The van der Waals surface area contributed by atoms with Crippen LogP contribution in [-0.4, -0.2) is 81.2 Å². The summed E-state index contributed by atoms with van der Waals surface area (Å²) in [5.74, 6) is 1.09. The Kier molecular flexibility index (Phi) is 6.74. The number of piperazine rings is 1. The summed E-state index contributed by atoms with van der Waals surface area (Å²) in [6, 6.07) is 8.48. The number of likely N-dealkylation sites (tertiary alicyclic amines) is 1. The van der Waals surface area contributed by atoms with E-state index in [-0.39, 0.29) is 5.91 Å². The lowest BCUT2D eigenvalue weighted by Crippen LogP contribution is -2.51. The summed E-state index contributed by atoms with van der Waals surface area (Å²) in [6.45, 7) is 9.65. The lowest BCUT2D eigenvalue weighted by Gasteiger charge is -2.37. The van der Waals surface area contributed by atoms with Gasteiger partial charge in [0.15, 0.2) is 0 Å². The topological polar surface area (TPSA) is 48.1 Å². The number of piperidine rings is 1. The van der Waals surface area contributed by atoms with Crippen LogP contribution in [0.1, 0.15) is 19.8 Å². The summed E-state index contributed by atoms with van der Waals surface area (Å²) in [7, 11) is 1.71. The number of hydrogen-bond donors (Lipinski definition) is 1. The molecule has 2 fully saturated rings. The summed E-state index contributed by atoms with van der Waals surface area (Å²) in [5.41, 5.74) is 1.14. The Bertz CT molecular complexity index is 579. The predicted octanol–water partition coefficient (Wildman–Crippen LogP) is 1.42. The third-order valence-electron chi connectivity index (χ3n) is 5.57. The van der Waals surface area contributed by atoms with Gasteiger partial charge in [-0.3, -0.25) is 9.69 Å². The van der Waals surface area contributed by atoms with Crippen LogP contribution in [0.15, 0.2) is 24.3 Å². The van der Waals surface area contributed by atoms with Crippen LogP contribution in [0.3, 0.4) is 0 Å². The van der Waals surface area contributed by atoms with Crippen molar-refractivity contribution in [3.8, 4) is 5.75 Å². The number of para-hydroxylation sites is 2. The first-order valence-electron chi connectivity index (χ1n) is 9.81. The largest absolute Gasteiger partial charge is 0.495 e. The average molecular weight is 361 g/mol. The first-order chi connectivity index (χ1) is 12.7. The van der Waals surface area contributed by atoms with Crippen LogP contribution >= 0.6 is 0 Å². The number of nitrogens with one attached hydrogen (secondary N) is 1. The van der Waals surface area contributed by atoms with Gasteiger partial charge in [-0.15, -0.1) is 0 Å². The zero-order valence-corrected chi connectivity index (χ0v) is 16.1. The molecule has 0 aliphatic carbocycles. The number of carbonyl (C=O) groups is 1. The number of methoxy groups -OCH3 is 1. The summed E-state index contributed by atoms with van der Waals surface area (Å²) in [6.07, 6.45) is 2.14. The second-order valence-electron chi connectivity index (χ2n) is 7.21. The molecule has 1 aromatic rings. The molecule has 1 amide bonds. The molecule has 6 heteroatoms. The molecule has 0 spiro atoms. The fraction of sp³-hybridized carbons (Fsp3) is 0.650. The zero-order valence-electron chi connectivity index (χ0n) is 16.1. The number of amides is 1. The lowest BCUT2D eigenvalue weighted by molar-refractivity contribution is -0.123. The normalized spacial score (nSPS) is 20.2. The zero-order chi connectivity index (χ0) is 18.4. The van der Waals surface area contributed by atoms with E-state index in [1.54, 1.807) is 7.11 Å². The first kappa shape index (κ1) is 19.0. The second kappa shape index (κ2) is 9.24. The van der Waals surface area contributed by atoms with E-state index in [1.165, 1.54) is 0 Å². The highest BCUT2D eigenvalue weighted by Gasteiger charge is 2.23. The molecule has 1 aromatic carbocycles. The van der Waals surface area contributed by atoms with Gasteiger partial charge in [0.25, 0.3) is 0 Å². The summed E-state index contributed by atoms with van der Waals surface area (Å²) >= 11 is 0. The second-order valence-corrected chi connectivity index (χ2v) is 7.21. The number of hydrogen-bond acceptors (Lipinski definition) is 5. The predicted molar refractivity (Wildman–Crippen MR) is 105 cm³/mol. The number of benzene rings is 1. The maximum absolute atomic E-state index is 12.4. The molecule has 0 unspecified atom stereocenters. The number of carbonyl (C=O) groups excluding carboxylic acids is 1. The van der Waals surface area contributed by atoms with Crippen molar-refractivity contribution in [2.75, 3.05) is 64.4 Å². The van der Waals surface area contributed by atoms with Gasteiger partial charge in [0.1, 0.15) is 5.75 Å². The van der Waals surface area contributed by atoms with E-state index >= 15 is 0 Å². The Hall–Kier alpha value is -1.79. The minimum atomic E-state index is 0.172. The SMILES string of the molecule is CCN1CCC(NC(=O)CN2CCN(c3ccccc3OC)CC2)CC1. The summed E-state index contributed by atoms with van der Waals surface area (Å²) in [5, 5.41) is 3.23. The molecule has 2 saturated heterocycles. The van der Waals surface area contributed by atoms with Crippen LogP contribution < -0.4 is 15.0 Å². The fourth-order valence-electron chi connectivity index (χ4n) is 3.91. The molecule has 6 nitrogen and oxygen atoms in total. The Morgan fingerprint density at radius 3 is 2.42 bits per heavy atom. The highest BCUT2D eigenvalue weighted by atomic mass is 16.5. The minimum absolute atomic E-state index is 0.172. The smallest absolute Gasteiger partial charge is 0.234 e. The van der Waals surface area contributed by atoms with Crippen molar-refractivity contribution >= 4 is 11.6 Å². The van der Waals surface area contributed by atoms with E-state index in [0.717, 1.165) is 70.1 Å². The van der Waals surface area contributed by atoms with E-state index < -0.39 is 0 Å². The van der Waals surface area contributed by atoms with E-state index in [1.807, 2.05) is 18.2 Å². The molecule has 2 aliphatic rings. The molecular formula is C20H32N4O2.